The van der Waals surface area contributed by atoms with Gasteiger partial charge in [-0.1, -0.05) is 15.9 Å². The van der Waals surface area contributed by atoms with Gasteiger partial charge >= 0.3 is 23.9 Å². The average Bonchev–Trinajstić information content (AvgIpc) is 2.72. The molecule has 0 amide bonds. The van der Waals surface area contributed by atoms with E-state index in [4.69, 9.17) is 0 Å². The molecule has 0 radical (unpaired) electrons. The van der Waals surface area contributed by atoms with E-state index in [-0.39, 0.29) is 39.3 Å². The third kappa shape index (κ3) is 10.3. The molecule has 0 unspecified atom stereocenters. The second kappa shape index (κ2) is 13.7. The first kappa shape index (κ1) is 26.5. The number of aromatic nitrogens is 1. The average molecular weight is 504 g/mol. The maximum Gasteiger partial charge on any atom is 0.319 e. The van der Waals surface area contributed by atoms with Gasteiger partial charge in [-0.05, 0) is 12.1 Å². The highest BCUT2D eigenvalue weighted by Crippen LogP contribution is 2.16. The van der Waals surface area contributed by atoms with Crippen LogP contribution in [0.1, 0.15) is 11.4 Å². The molecule has 0 aliphatic rings. The lowest BCUT2D eigenvalue weighted by Crippen LogP contribution is -2.36. The van der Waals surface area contributed by atoms with Gasteiger partial charge in [0, 0.05) is 17.6 Å². The number of carbonyl (C=O) groups is 4. The molecule has 0 fully saturated rings. The number of methoxy groups -OCH3 is 4. The lowest BCUT2D eigenvalue weighted by Gasteiger charge is -2.21. The molecule has 12 heteroatoms. The molecular formula is C19H26BrN3O8. The number of rotatable bonds is 12. The Morgan fingerprint density at radius 1 is 0.710 bits per heavy atom. The maximum absolute atomic E-state index is 11.7. The van der Waals surface area contributed by atoms with Crippen LogP contribution in [-0.2, 0) is 51.2 Å². The molecule has 1 heterocycles. The predicted octanol–water partition coefficient (Wildman–Crippen LogP) is 0.140. The maximum atomic E-state index is 11.7. The van der Waals surface area contributed by atoms with E-state index in [1.54, 1.807) is 12.1 Å². The molecule has 0 atom stereocenters. The number of esters is 4. The molecule has 0 aromatic carbocycles. The highest BCUT2D eigenvalue weighted by molar-refractivity contribution is 9.10. The first-order chi connectivity index (χ1) is 14.7. The standard InChI is InChI=1S/C19H26BrN3O8/c1-28-16(24)9-22(10-17(25)29-2)7-14-5-13(20)6-15(21-14)8-23(11-18(26)30-3)12-19(27)31-4/h5-6H,7-12H2,1-4H3. The topological polar surface area (TPSA) is 125 Å². The number of halogens is 1. The van der Waals surface area contributed by atoms with Crippen molar-refractivity contribution in [1.29, 1.82) is 0 Å². The minimum Gasteiger partial charge on any atom is -0.468 e. The molecule has 0 aliphatic carbocycles. The van der Waals surface area contributed by atoms with Crippen LogP contribution in [0.4, 0.5) is 0 Å². The lowest BCUT2D eigenvalue weighted by atomic mass is 10.2. The van der Waals surface area contributed by atoms with Crippen LogP contribution in [0, 0.1) is 0 Å². The van der Waals surface area contributed by atoms with Gasteiger partial charge in [-0.2, -0.15) is 0 Å². The zero-order valence-corrected chi connectivity index (χ0v) is 19.5. The Morgan fingerprint density at radius 3 is 1.26 bits per heavy atom. The molecule has 1 aromatic rings. The summed E-state index contributed by atoms with van der Waals surface area (Å²) in [5.74, 6) is -2.05. The molecule has 0 N–H and O–H groups in total. The van der Waals surface area contributed by atoms with E-state index in [1.165, 1.54) is 38.2 Å². The summed E-state index contributed by atoms with van der Waals surface area (Å²) in [5, 5.41) is 0. The van der Waals surface area contributed by atoms with E-state index in [2.05, 4.69) is 39.9 Å². The quantitative estimate of drug-likeness (QED) is 0.285. The predicted molar refractivity (Wildman–Crippen MR) is 111 cm³/mol. The van der Waals surface area contributed by atoms with Gasteiger partial charge in [0.25, 0.3) is 0 Å². The zero-order chi connectivity index (χ0) is 23.4. The van der Waals surface area contributed by atoms with Crippen LogP contribution in [0.5, 0.6) is 0 Å². The Labute approximate surface area is 188 Å². The number of carbonyl (C=O) groups excluding carboxylic acids is 4. The summed E-state index contributed by atoms with van der Waals surface area (Å²) in [6.45, 7) is -0.217. The third-order valence-corrected chi connectivity index (χ3v) is 4.45. The summed E-state index contributed by atoms with van der Waals surface area (Å²) >= 11 is 3.41. The monoisotopic (exact) mass is 503 g/mol. The van der Waals surface area contributed by atoms with Gasteiger partial charge < -0.3 is 18.9 Å². The second-order valence-electron chi connectivity index (χ2n) is 6.36. The normalized spacial score (nSPS) is 10.7. The van der Waals surface area contributed by atoms with Crippen LogP contribution < -0.4 is 0 Å². The van der Waals surface area contributed by atoms with Crippen molar-refractivity contribution in [3.8, 4) is 0 Å². The van der Waals surface area contributed by atoms with Crippen LogP contribution in [0.3, 0.4) is 0 Å². The Morgan fingerprint density at radius 2 is 1.00 bits per heavy atom. The Bertz CT molecular complexity index is 693. The first-order valence-corrected chi connectivity index (χ1v) is 9.87. The van der Waals surface area contributed by atoms with E-state index in [9.17, 15) is 19.2 Å². The lowest BCUT2D eigenvalue weighted by molar-refractivity contribution is -0.147. The minimum atomic E-state index is -0.513. The summed E-state index contributed by atoms with van der Waals surface area (Å²) in [5.41, 5.74) is 1.10. The number of nitrogens with zero attached hydrogens (tertiary/aromatic N) is 3. The van der Waals surface area contributed by atoms with E-state index >= 15 is 0 Å². The fourth-order valence-electron chi connectivity index (χ4n) is 2.55. The highest BCUT2D eigenvalue weighted by atomic mass is 79.9. The summed E-state index contributed by atoms with van der Waals surface area (Å²) in [4.78, 5) is 54.3. The molecule has 172 valence electrons. The molecule has 0 bridgehead atoms. The van der Waals surface area contributed by atoms with Crippen molar-refractivity contribution < 1.29 is 38.1 Å². The van der Waals surface area contributed by atoms with Gasteiger partial charge in [0.1, 0.15) is 0 Å². The van der Waals surface area contributed by atoms with Crippen molar-refractivity contribution in [2.45, 2.75) is 13.1 Å². The molecule has 0 saturated carbocycles. The number of ether oxygens (including phenoxy) is 4. The summed E-state index contributed by atoms with van der Waals surface area (Å²) in [6.07, 6.45) is 0. The summed E-state index contributed by atoms with van der Waals surface area (Å²) in [7, 11) is 5.02. The molecule has 1 rings (SSSR count). The number of hydrogen-bond acceptors (Lipinski definition) is 11. The Kier molecular flexibility index (Phi) is 11.7. The van der Waals surface area contributed by atoms with E-state index in [1.807, 2.05) is 0 Å². The fraction of sp³-hybridized carbons (Fsp3) is 0.526. The third-order valence-electron chi connectivity index (χ3n) is 3.99. The van der Waals surface area contributed by atoms with Gasteiger partial charge in [0.05, 0.1) is 66.0 Å². The van der Waals surface area contributed by atoms with Crippen molar-refractivity contribution >= 4 is 39.8 Å². The van der Waals surface area contributed by atoms with Crippen LogP contribution in [0.15, 0.2) is 16.6 Å². The van der Waals surface area contributed by atoms with Crippen molar-refractivity contribution in [1.82, 2.24) is 14.8 Å². The molecule has 1 aromatic heterocycles. The van der Waals surface area contributed by atoms with E-state index in [0.717, 1.165) is 0 Å². The van der Waals surface area contributed by atoms with Gasteiger partial charge in [0.15, 0.2) is 0 Å². The van der Waals surface area contributed by atoms with Crippen LogP contribution in [0.2, 0.25) is 0 Å². The SMILES string of the molecule is COC(=O)CN(CC(=O)OC)Cc1cc(Br)cc(CN(CC(=O)OC)CC(=O)OC)n1. The van der Waals surface area contributed by atoms with Gasteiger partial charge in [0.2, 0.25) is 0 Å². The van der Waals surface area contributed by atoms with Crippen molar-refractivity contribution in [2.24, 2.45) is 0 Å². The van der Waals surface area contributed by atoms with Crippen LogP contribution >= 0.6 is 15.9 Å². The molecule has 11 nitrogen and oxygen atoms in total. The molecule has 0 spiro atoms. The van der Waals surface area contributed by atoms with Crippen molar-refractivity contribution in [3.05, 3.63) is 28.0 Å². The van der Waals surface area contributed by atoms with Gasteiger partial charge in [-0.25, -0.2) is 0 Å². The summed E-state index contributed by atoms with van der Waals surface area (Å²) in [6, 6.07) is 3.46. The van der Waals surface area contributed by atoms with Gasteiger partial charge in [-0.15, -0.1) is 0 Å². The first-order valence-electron chi connectivity index (χ1n) is 9.08. The zero-order valence-electron chi connectivity index (χ0n) is 17.9. The molecular weight excluding hydrogens is 478 g/mol. The molecule has 0 aliphatic heterocycles. The van der Waals surface area contributed by atoms with Crippen LogP contribution in [0.25, 0.3) is 0 Å². The minimum absolute atomic E-state index is 0.133. The Balaban J connectivity index is 3.04. The summed E-state index contributed by atoms with van der Waals surface area (Å²) < 4.78 is 19.4. The highest BCUT2D eigenvalue weighted by Gasteiger charge is 2.19. The molecule has 31 heavy (non-hydrogen) atoms. The van der Waals surface area contributed by atoms with Gasteiger partial charge in [-0.3, -0.25) is 34.0 Å². The van der Waals surface area contributed by atoms with Crippen LogP contribution in [-0.4, -0.2) is 93.3 Å². The van der Waals surface area contributed by atoms with E-state index < -0.39 is 23.9 Å². The molecule has 0 saturated heterocycles. The largest absolute Gasteiger partial charge is 0.468 e. The number of hydrogen-bond donors (Lipinski definition) is 0. The van der Waals surface area contributed by atoms with E-state index in [0.29, 0.717) is 15.9 Å². The van der Waals surface area contributed by atoms with Crippen molar-refractivity contribution in [3.63, 3.8) is 0 Å². The number of pyridine rings is 1. The fourth-order valence-corrected chi connectivity index (χ4v) is 3.08. The second-order valence-corrected chi connectivity index (χ2v) is 7.28. The Hall–Kier alpha value is -2.57. The smallest absolute Gasteiger partial charge is 0.319 e. The van der Waals surface area contributed by atoms with Crippen molar-refractivity contribution in [2.75, 3.05) is 54.6 Å².